The number of benzene rings is 2. The standard InChI is InChI=1S/C37H46N6O5/c1-25(2)47-22-21-42(30-11-12-32-29(23-30)16-20-43(32)35(45)38-6)31-13-17-39-33(24-31)40-34(44)28-9-7-26(8-10-28)27-14-18-41(19-15-27)36(46)48-37(3,4)5/h7-13,16-17,20,23-25,27H,14-15,18-19,21-22H2,1-6H3,(H,38,45)(H,39,40,44). The number of anilines is 3. The first-order chi connectivity index (χ1) is 22.9. The molecular weight excluding hydrogens is 608 g/mol. The molecule has 4 aromatic rings. The van der Waals surface area contributed by atoms with Gasteiger partial charge in [-0.3, -0.25) is 9.36 Å². The van der Waals surface area contributed by atoms with Gasteiger partial charge in [0, 0.05) is 67.5 Å². The molecule has 0 atom stereocenters. The van der Waals surface area contributed by atoms with Gasteiger partial charge in [0.05, 0.1) is 18.2 Å². The van der Waals surface area contributed by atoms with Crippen molar-refractivity contribution in [2.75, 3.05) is 43.5 Å². The van der Waals surface area contributed by atoms with E-state index in [9.17, 15) is 14.4 Å². The topological polar surface area (TPSA) is 118 Å². The minimum Gasteiger partial charge on any atom is -0.444 e. The lowest BCUT2D eigenvalue weighted by Crippen LogP contribution is -2.41. The van der Waals surface area contributed by atoms with Gasteiger partial charge in [-0.1, -0.05) is 12.1 Å². The highest BCUT2D eigenvalue weighted by Gasteiger charge is 2.27. The number of fused-ring (bicyclic) bond motifs is 1. The van der Waals surface area contributed by atoms with Gasteiger partial charge in [0.15, 0.2) is 0 Å². The molecule has 1 fully saturated rings. The van der Waals surface area contributed by atoms with Gasteiger partial charge in [-0.05, 0) is 101 Å². The highest BCUT2D eigenvalue weighted by Crippen LogP contribution is 2.31. The van der Waals surface area contributed by atoms with Gasteiger partial charge >= 0.3 is 12.1 Å². The fourth-order valence-corrected chi connectivity index (χ4v) is 5.86. The van der Waals surface area contributed by atoms with Crippen LogP contribution in [0.15, 0.2) is 73.1 Å². The minimum atomic E-state index is -0.513. The van der Waals surface area contributed by atoms with Crippen molar-refractivity contribution in [2.45, 2.75) is 65.1 Å². The van der Waals surface area contributed by atoms with E-state index in [4.69, 9.17) is 9.47 Å². The molecule has 11 nitrogen and oxygen atoms in total. The summed E-state index contributed by atoms with van der Waals surface area (Å²) in [5.74, 6) is 0.488. The monoisotopic (exact) mass is 654 g/mol. The molecule has 0 unspecified atom stereocenters. The van der Waals surface area contributed by atoms with Gasteiger partial charge in [-0.2, -0.15) is 0 Å². The van der Waals surface area contributed by atoms with E-state index in [1.807, 2.05) is 95.3 Å². The van der Waals surface area contributed by atoms with Crippen LogP contribution in [-0.4, -0.2) is 77.5 Å². The smallest absolute Gasteiger partial charge is 0.410 e. The molecule has 2 N–H and O–H groups in total. The Hall–Kier alpha value is -4.90. The number of likely N-dealkylation sites (tertiary alicyclic amines) is 1. The Morgan fingerprint density at radius 1 is 0.979 bits per heavy atom. The van der Waals surface area contributed by atoms with Gasteiger partial charge in [-0.25, -0.2) is 14.6 Å². The van der Waals surface area contributed by atoms with E-state index in [0.29, 0.717) is 43.5 Å². The zero-order chi connectivity index (χ0) is 34.4. The maximum absolute atomic E-state index is 13.3. The number of nitrogens with one attached hydrogen (secondary N) is 2. The summed E-state index contributed by atoms with van der Waals surface area (Å²) >= 11 is 0. The largest absolute Gasteiger partial charge is 0.444 e. The Balaban J connectivity index is 1.27. The Morgan fingerprint density at radius 2 is 1.69 bits per heavy atom. The van der Waals surface area contributed by atoms with Crippen molar-refractivity contribution in [3.05, 3.63) is 84.2 Å². The maximum atomic E-state index is 13.3. The average molecular weight is 655 g/mol. The molecule has 0 bridgehead atoms. The molecule has 0 saturated carbocycles. The van der Waals surface area contributed by atoms with Crippen LogP contribution < -0.4 is 15.5 Å². The summed E-state index contributed by atoms with van der Waals surface area (Å²) < 4.78 is 13.0. The quantitative estimate of drug-likeness (QED) is 0.197. The zero-order valence-corrected chi connectivity index (χ0v) is 28.7. The van der Waals surface area contributed by atoms with Crippen LogP contribution >= 0.6 is 0 Å². The molecule has 11 heteroatoms. The van der Waals surface area contributed by atoms with Crippen LogP contribution in [-0.2, 0) is 9.47 Å². The summed E-state index contributed by atoms with van der Waals surface area (Å²) in [6.07, 6.45) is 4.92. The molecular formula is C37H46N6O5. The zero-order valence-electron chi connectivity index (χ0n) is 28.7. The van der Waals surface area contributed by atoms with Crippen molar-refractivity contribution < 1.29 is 23.9 Å². The number of amides is 3. The van der Waals surface area contributed by atoms with E-state index in [0.717, 1.165) is 40.7 Å². The summed E-state index contributed by atoms with van der Waals surface area (Å²) in [7, 11) is 1.61. The number of hydrogen-bond acceptors (Lipinski definition) is 7. The first-order valence-corrected chi connectivity index (χ1v) is 16.5. The van der Waals surface area contributed by atoms with Gasteiger partial charge in [0.2, 0.25) is 0 Å². The maximum Gasteiger partial charge on any atom is 0.410 e. The lowest BCUT2D eigenvalue weighted by molar-refractivity contribution is 0.0204. The summed E-state index contributed by atoms with van der Waals surface area (Å²) in [6, 6.07) is 19.0. The molecule has 5 rings (SSSR count). The number of carbonyl (C=O) groups excluding carboxylic acids is 3. The number of rotatable bonds is 9. The second kappa shape index (κ2) is 14.9. The molecule has 3 heterocycles. The molecule has 0 spiro atoms. The SMILES string of the molecule is CNC(=O)n1ccc2cc(N(CCOC(C)C)c3ccnc(NC(=O)c4ccc(C5CCN(C(=O)OC(C)(C)C)CC5)cc4)c3)ccc21. The van der Waals surface area contributed by atoms with Crippen LogP contribution in [0.3, 0.4) is 0 Å². The predicted octanol–water partition coefficient (Wildman–Crippen LogP) is 7.15. The van der Waals surface area contributed by atoms with Gasteiger partial charge in [-0.15, -0.1) is 0 Å². The van der Waals surface area contributed by atoms with E-state index in [1.165, 1.54) is 0 Å². The van der Waals surface area contributed by atoms with Gasteiger partial charge < -0.3 is 29.9 Å². The Bertz CT molecular complexity index is 1740. The second-order valence-corrected chi connectivity index (χ2v) is 13.3. The fraction of sp³-hybridized carbons (Fsp3) is 0.405. The highest BCUT2D eigenvalue weighted by molar-refractivity contribution is 6.04. The predicted molar refractivity (Wildman–Crippen MR) is 188 cm³/mol. The third-order valence-electron chi connectivity index (χ3n) is 8.27. The Kier molecular flexibility index (Phi) is 10.7. The number of pyridine rings is 1. The Labute approximate surface area is 282 Å². The van der Waals surface area contributed by atoms with E-state index in [2.05, 4.69) is 20.5 Å². The molecule has 2 aromatic heterocycles. The molecule has 1 saturated heterocycles. The van der Waals surface area contributed by atoms with E-state index in [1.54, 1.807) is 28.9 Å². The number of hydrogen-bond donors (Lipinski definition) is 2. The molecule has 48 heavy (non-hydrogen) atoms. The first-order valence-electron chi connectivity index (χ1n) is 16.5. The molecule has 0 radical (unpaired) electrons. The minimum absolute atomic E-state index is 0.0830. The van der Waals surface area contributed by atoms with Crippen LogP contribution in [0, 0.1) is 0 Å². The van der Waals surface area contributed by atoms with Crippen molar-refractivity contribution in [2.24, 2.45) is 0 Å². The summed E-state index contributed by atoms with van der Waals surface area (Å²) in [5, 5.41) is 6.54. The molecule has 3 amide bonds. The average Bonchev–Trinajstić information content (AvgIpc) is 3.49. The Morgan fingerprint density at radius 3 is 2.35 bits per heavy atom. The lowest BCUT2D eigenvalue weighted by Gasteiger charge is -2.33. The van der Waals surface area contributed by atoms with E-state index in [-0.39, 0.29) is 24.1 Å². The van der Waals surface area contributed by atoms with E-state index < -0.39 is 5.60 Å². The van der Waals surface area contributed by atoms with Crippen LogP contribution in [0.2, 0.25) is 0 Å². The van der Waals surface area contributed by atoms with Crippen molar-refractivity contribution >= 4 is 46.1 Å². The van der Waals surface area contributed by atoms with Crippen LogP contribution in [0.25, 0.3) is 10.9 Å². The third-order valence-corrected chi connectivity index (χ3v) is 8.27. The fourth-order valence-electron chi connectivity index (χ4n) is 5.86. The van der Waals surface area contributed by atoms with Crippen LogP contribution in [0.5, 0.6) is 0 Å². The normalized spacial score (nSPS) is 13.9. The van der Waals surface area contributed by atoms with Crippen molar-refractivity contribution in [1.29, 1.82) is 0 Å². The summed E-state index contributed by atoms with van der Waals surface area (Å²) in [6.45, 7) is 12.0. The first kappa shape index (κ1) is 34.4. The van der Waals surface area contributed by atoms with Crippen LogP contribution in [0.4, 0.5) is 26.8 Å². The summed E-state index contributed by atoms with van der Waals surface area (Å²) in [4.78, 5) is 46.3. The molecule has 0 aliphatic carbocycles. The molecule has 1 aliphatic rings. The second-order valence-electron chi connectivity index (χ2n) is 13.3. The number of ether oxygens (including phenoxy) is 2. The molecule has 254 valence electrons. The number of piperidine rings is 1. The van der Waals surface area contributed by atoms with Crippen molar-refractivity contribution in [3.63, 3.8) is 0 Å². The highest BCUT2D eigenvalue weighted by atomic mass is 16.6. The third kappa shape index (κ3) is 8.51. The molecule has 2 aromatic carbocycles. The lowest BCUT2D eigenvalue weighted by atomic mass is 9.89. The van der Waals surface area contributed by atoms with Gasteiger partial charge in [0.25, 0.3) is 5.91 Å². The number of aromatic nitrogens is 2. The number of carbonyl (C=O) groups is 3. The number of nitrogens with zero attached hydrogens (tertiary/aromatic N) is 4. The van der Waals surface area contributed by atoms with E-state index >= 15 is 0 Å². The van der Waals surface area contributed by atoms with Crippen molar-refractivity contribution in [1.82, 2.24) is 19.8 Å². The van der Waals surface area contributed by atoms with Crippen LogP contribution in [0.1, 0.15) is 69.3 Å². The van der Waals surface area contributed by atoms with Crippen molar-refractivity contribution in [3.8, 4) is 0 Å². The van der Waals surface area contributed by atoms with Gasteiger partial charge in [0.1, 0.15) is 11.4 Å². The summed E-state index contributed by atoms with van der Waals surface area (Å²) in [5.41, 5.74) is 3.73. The molecule has 1 aliphatic heterocycles.